The van der Waals surface area contributed by atoms with Crippen LogP contribution < -0.4 is 11.1 Å². The van der Waals surface area contributed by atoms with Gasteiger partial charge in [-0.1, -0.05) is 74.5 Å². The second kappa shape index (κ2) is 22.8. The first-order valence-electron chi connectivity index (χ1n) is 27.1. The number of carboxylic acids is 1. The van der Waals surface area contributed by atoms with Gasteiger partial charge in [-0.3, -0.25) is 14.4 Å². The molecule has 0 saturated carbocycles. The Bertz CT molecular complexity index is 4090. The zero-order valence-electron chi connectivity index (χ0n) is 45.9. The number of carbonyl (C=O) groups excluding carboxylic acids is 3. The number of aryl methyl sites for hydroxylation is 4. The van der Waals surface area contributed by atoms with Gasteiger partial charge in [0.15, 0.2) is 11.2 Å². The Morgan fingerprint density at radius 2 is 1.06 bits per heavy atom. The number of carbonyl (C=O) groups is 4. The van der Waals surface area contributed by atoms with Crippen molar-refractivity contribution in [3.8, 4) is 22.8 Å². The SMILES string of the molecule is CC[C@@]1(O)C(=O)OCc2c1cc1n(c2=O)Cc2c-1nc1cc(F)c(C)cc1c2CCCc1ccccc1.CC[C@@]1(O)C(=O)OCc2c1cc1n(c2=O)Cc2c-1nc1cc(F)c(C)cc1c2CN(Cc1ccccc1)C(=O)CO.O=C(O)CO. The molecule has 1 amide bonds. The minimum Gasteiger partial charge on any atom is -0.480 e. The molecule has 0 bridgehead atoms. The van der Waals surface area contributed by atoms with Crippen molar-refractivity contribution in [1.29, 1.82) is 0 Å². The van der Waals surface area contributed by atoms with Gasteiger partial charge in [-0.2, -0.15) is 0 Å². The van der Waals surface area contributed by atoms with Gasteiger partial charge in [0.25, 0.3) is 11.1 Å². The number of ether oxygens (including phenoxy) is 2. The maximum absolute atomic E-state index is 14.8. The standard InChI is InChI=1S/C31H28FN3O6.C30H27FN2O4.C2H4O3/c1-3-31(40)23-10-26-28-21(14-35(26)29(38)22(23)16-41-30(31)39)20(19-9-17(2)24(32)11-25(19)33-28)13-34(27(37)15-36)12-18-7-5-4-6-8-18;1-3-30(36)23-13-26-27-21(15-33(26)28(34)22(23)16-37-29(30)35)19(11-7-10-18-8-5-4-6-9-18)20-12-17(2)24(31)14-25(20)32-27;3-1-2(4)5/h4-11,36,40H,3,12-16H2,1-2H3;4-6,8-9,12-14,36H,3,7,10-11,15-16H2,1-2H3;3H,1H2,(H,4,5)/t31-;30-;/m00./s1. The third-order valence-electron chi connectivity index (χ3n) is 16.1. The predicted molar refractivity (Wildman–Crippen MR) is 299 cm³/mol. The molecular formula is C63H59F2N5O13. The highest BCUT2D eigenvalue weighted by Crippen LogP contribution is 2.43. The third kappa shape index (κ3) is 10.4. The summed E-state index contributed by atoms with van der Waals surface area (Å²) in [5.41, 5.74) is 5.53. The van der Waals surface area contributed by atoms with E-state index in [1.165, 1.54) is 27.2 Å². The van der Waals surface area contributed by atoms with Gasteiger partial charge < -0.3 is 49.0 Å². The lowest BCUT2D eigenvalue weighted by Gasteiger charge is -2.31. The molecule has 20 heteroatoms. The molecule has 0 spiro atoms. The number of esters is 2. The van der Waals surface area contributed by atoms with E-state index in [-0.39, 0.29) is 79.3 Å². The molecule has 83 heavy (non-hydrogen) atoms. The van der Waals surface area contributed by atoms with Gasteiger partial charge >= 0.3 is 17.9 Å². The van der Waals surface area contributed by atoms with Crippen molar-refractivity contribution in [2.45, 2.75) is 110 Å². The number of aliphatic hydroxyl groups excluding tert-OH is 2. The number of aromatic nitrogens is 4. The summed E-state index contributed by atoms with van der Waals surface area (Å²) in [7, 11) is 0. The monoisotopic (exact) mass is 1130 g/mol. The van der Waals surface area contributed by atoms with E-state index in [2.05, 4.69) is 12.1 Å². The molecule has 4 aliphatic heterocycles. The minimum absolute atomic E-state index is 0.00713. The van der Waals surface area contributed by atoms with Crippen LogP contribution in [0.15, 0.2) is 107 Å². The van der Waals surface area contributed by atoms with Crippen LogP contribution in [0.5, 0.6) is 0 Å². The first kappa shape index (κ1) is 57.4. The summed E-state index contributed by atoms with van der Waals surface area (Å²) in [6, 6.07) is 29.2. The first-order valence-corrected chi connectivity index (χ1v) is 27.1. The van der Waals surface area contributed by atoms with Gasteiger partial charge in [0.1, 0.15) is 38.1 Å². The Hall–Kier alpha value is -8.82. The van der Waals surface area contributed by atoms with Crippen LogP contribution >= 0.6 is 0 Å². The van der Waals surface area contributed by atoms with Crippen molar-refractivity contribution in [3.63, 3.8) is 0 Å². The summed E-state index contributed by atoms with van der Waals surface area (Å²) in [6.07, 6.45) is 2.60. The number of hydrogen-bond donors (Lipinski definition) is 5. The van der Waals surface area contributed by atoms with Crippen molar-refractivity contribution in [3.05, 3.63) is 196 Å². The van der Waals surface area contributed by atoms with Crippen molar-refractivity contribution >= 4 is 45.6 Å². The number of aliphatic hydroxyl groups is 4. The third-order valence-corrected chi connectivity index (χ3v) is 16.1. The van der Waals surface area contributed by atoms with Crippen LogP contribution in [-0.4, -0.2) is 86.6 Å². The molecule has 4 aliphatic rings. The number of hydrogen-bond acceptors (Lipinski definition) is 14. The number of carboxylic acid groups (broad SMARTS) is 1. The van der Waals surface area contributed by atoms with Crippen molar-refractivity contribution < 1.29 is 63.0 Å². The van der Waals surface area contributed by atoms with Crippen molar-refractivity contribution in [1.82, 2.24) is 24.0 Å². The molecule has 0 radical (unpaired) electrons. The summed E-state index contributed by atoms with van der Waals surface area (Å²) in [5, 5.41) is 48.6. The highest BCUT2D eigenvalue weighted by atomic mass is 19.1. The molecule has 0 aliphatic carbocycles. The quantitative estimate of drug-likeness (QED) is 0.0787. The van der Waals surface area contributed by atoms with Gasteiger partial charge in [0.2, 0.25) is 5.91 Å². The van der Waals surface area contributed by atoms with Gasteiger partial charge in [0.05, 0.1) is 58.0 Å². The Kier molecular flexibility index (Phi) is 15.8. The molecule has 0 saturated heterocycles. The number of halogens is 2. The van der Waals surface area contributed by atoms with E-state index in [4.69, 9.17) is 34.4 Å². The molecule has 0 unspecified atom stereocenters. The van der Waals surface area contributed by atoms with Gasteiger partial charge in [-0.15, -0.1) is 0 Å². The molecule has 12 rings (SSSR count). The van der Waals surface area contributed by atoms with E-state index in [9.17, 15) is 48.1 Å². The molecule has 5 N–H and O–H groups in total. The largest absolute Gasteiger partial charge is 0.480 e. The maximum Gasteiger partial charge on any atom is 0.343 e. The fourth-order valence-electron chi connectivity index (χ4n) is 11.5. The maximum atomic E-state index is 14.8. The fraction of sp³-hybridized carbons (Fsp3) is 0.302. The first-order chi connectivity index (χ1) is 39.7. The number of benzene rings is 4. The number of aliphatic carboxylic acids is 1. The van der Waals surface area contributed by atoms with Gasteiger partial charge in [0, 0.05) is 58.2 Å². The lowest BCUT2D eigenvalue weighted by molar-refractivity contribution is -0.172. The van der Waals surface area contributed by atoms with Gasteiger partial charge in [-0.05, 0) is 104 Å². The average Bonchev–Trinajstić information content (AvgIpc) is 1.84. The van der Waals surface area contributed by atoms with Crippen LogP contribution in [0.3, 0.4) is 0 Å². The van der Waals surface area contributed by atoms with Crippen LogP contribution in [0.1, 0.15) is 99.9 Å². The molecule has 0 fully saturated rings. The highest BCUT2D eigenvalue weighted by molar-refractivity contribution is 5.92. The summed E-state index contributed by atoms with van der Waals surface area (Å²) in [4.78, 5) is 85.4. The molecular weight excluding hydrogens is 1070 g/mol. The molecule has 428 valence electrons. The number of fused-ring (bicyclic) bond motifs is 10. The van der Waals surface area contributed by atoms with Crippen LogP contribution in [0, 0.1) is 25.5 Å². The Balaban J connectivity index is 0.000000172. The second-order valence-corrected chi connectivity index (χ2v) is 21.1. The summed E-state index contributed by atoms with van der Waals surface area (Å²) >= 11 is 0. The summed E-state index contributed by atoms with van der Waals surface area (Å²) in [5.74, 6) is -4.04. The van der Waals surface area contributed by atoms with Crippen molar-refractivity contribution in [2.75, 3.05) is 13.2 Å². The summed E-state index contributed by atoms with van der Waals surface area (Å²) < 4.78 is 42.8. The predicted octanol–water partition coefficient (Wildman–Crippen LogP) is 6.81. The lowest BCUT2D eigenvalue weighted by Crippen LogP contribution is -2.44. The van der Waals surface area contributed by atoms with E-state index in [0.717, 1.165) is 41.3 Å². The topological polar surface area (TPSA) is 261 Å². The van der Waals surface area contributed by atoms with Crippen LogP contribution in [0.4, 0.5) is 8.78 Å². The van der Waals surface area contributed by atoms with Crippen LogP contribution in [-0.2, 0) is 92.1 Å². The number of cyclic esters (lactones) is 2. The Morgan fingerprint density at radius 3 is 1.51 bits per heavy atom. The van der Waals surface area contributed by atoms with E-state index in [1.807, 2.05) is 54.6 Å². The van der Waals surface area contributed by atoms with E-state index >= 15 is 0 Å². The smallest absolute Gasteiger partial charge is 0.343 e. The lowest BCUT2D eigenvalue weighted by atomic mass is 9.86. The van der Waals surface area contributed by atoms with Gasteiger partial charge in [-0.25, -0.2) is 33.1 Å². The highest BCUT2D eigenvalue weighted by Gasteiger charge is 2.47. The number of pyridine rings is 4. The Labute approximate surface area is 473 Å². The number of nitrogens with zero attached hydrogens (tertiary/aromatic N) is 5. The summed E-state index contributed by atoms with van der Waals surface area (Å²) in [6.45, 7) is 5.54. The minimum atomic E-state index is -1.98. The van der Waals surface area contributed by atoms with E-state index in [0.29, 0.717) is 68.0 Å². The average molecular weight is 1130 g/mol. The molecule has 8 heterocycles. The molecule has 4 aromatic carbocycles. The molecule has 18 nitrogen and oxygen atoms in total. The van der Waals surface area contributed by atoms with E-state index < -0.39 is 59.6 Å². The Morgan fingerprint density at radius 1 is 0.614 bits per heavy atom. The van der Waals surface area contributed by atoms with Crippen LogP contribution in [0.25, 0.3) is 44.6 Å². The van der Waals surface area contributed by atoms with Crippen molar-refractivity contribution in [2.24, 2.45) is 0 Å². The second-order valence-electron chi connectivity index (χ2n) is 21.1. The normalized spacial score (nSPS) is 16.9. The zero-order valence-corrected chi connectivity index (χ0v) is 45.9. The van der Waals surface area contributed by atoms with E-state index in [1.54, 1.807) is 50.5 Å². The number of rotatable bonds is 12. The van der Waals surface area contributed by atoms with Crippen LogP contribution in [0.2, 0.25) is 0 Å². The number of amides is 1. The fourth-order valence-corrected chi connectivity index (χ4v) is 11.5. The molecule has 8 aromatic rings. The molecule has 2 atom stereocenters. The zero-order chi connectivity index (χ0) is 59.2. The molecule has 4 aromatic heterocycles.